The van der Waals surface area contributed by atoms with Crippen LogP contribution in [0, 0.1) is 0 Å². The fraction of sp³-hybridized carbons (Fsp3) is 0.273. The Morgan fingerprint density at radius 2 is 1.72 bits per heavy atom. The van der Waals surface area contributed by atoms with Gasteiger partial charge in [-0.05, 0) is 30.3 Å². The molecule has 0 saturated carbocycles. The Hall–Kier alpha value is -2.93. The summed E-state index contributed by atoms with van der Waals surface area (Å²) in [6, 6.07) is 14.4. The molecule has 6 nitrogen and oxygen atoms in total. The molecular formula is C22H23N3O3S. The van der Waals surface area contributed by atoms with E-state index in [0.717, 1.165) is 21.8 Å². The highest BCUT2D eigenvalue weighted by molar-refractivity contribution is 8.00. The van der Waals surface area contributed by atoms with E-state index < -0.39 is 5.97 Å². The number of carbonyl (C=O) groups excluding carboxylic acids is 2. The van der Waals surface area contributed by atoms with Crippen LogP contribution in [0.5, 0.6) is 0 Å². The highest BCUT2D eigenvalue weighted by Gasteiger charge is 2.20. The lowest BCUT2D eigenvalue weighted by Crippen LogP contribution is -2.17. The van der Waals surface area contributed by atoms with E-state index in [2.05, 4.69) is 35.8 Å². The first kappa shape index (κ1) is 20.8. The van der Waals surface area contributed by atoms with Crippen molar-refractivity contribution in [2.45, 2.75) is 31.2 Å². The van der Waals surface area contributed by atoms with Crippen LogP contribution in [0.1, 0.15) is 37.0 Å². The van der Waals surface area contributed by atoms with Crippen molar-refractivity contribution in [3.63, 3.8) is 0 Å². The first-order valence-electron chi connectivity index (χ1n) is 9.16. The molecule has 0 spiro atoms. The number of amides is 1. The highest BCUT2D eigenvalue weighted by Crippen LogP contribution is 2.29. The summed E-state index contributed by atoms with van der Waals surface area (Å²) in [4.78, 5) is 33.3. The second-order valence-electron chi connectivity index (χ2n) is 7.53. The Bertz CT molecular complexity index is 1040. The summed E-state index contributed by atoms with van der Waals surface area (Å²) in [5.74, 6) is 0.394. The zero-order valence-electron chi connectivity index (χ0n) is 16.9. The molecule has 1 N–H and O–H groups in total. The number of thioether (sulfide) groups is 1. The summed E-state index contributed by atoms with van der Waals surface area (Å²) in [5, 5.41) is 4.55. The van der Waals surface area contributed by atoms with Gasteiger partial charge in [-0.3, -0.25) is 4.79 Å². The number of rotatable bonds is 5. The summed E-state index contributed by atoms with van der Waals surface area (Å²) >= 11 is 1.38. The number of methoxy groups -OCH3 is 1. The normalized spacial score (nSPS) is 11.3. The number of benzene rings is 2. The molecule has 0 fully saturated rings. The van der Waals surface area contributed by atoms with E-state index in [-0.39, 0.29) is 17.1 Å². The van der Waals surface area contributed by atoms with Gasteiger partial charge in [-0.1, -0.05) is 50.7 Å². The van der Waals surface area contributed by atoms with Gasteiger partial charge in [0, 0.05) is 16.5 Å². The van der Waals surface area contributed by atoms with Crippen molar-refractivity contribution < 1.29 is 14.3 Å². The lowest BCUT2D eigenvalue weighted by Gasteiger charge is -2.18. The molecule has 0 saturated heterocycles. The molecule has 2 aromatic carbocycles. The Morgan fingerprint density at radius 1 is 1.03 bits per heavy atom. The first-order valence-corrected chi connectivity index (χ1v) is 10.1. The van der Waals surface area contributed by atoms with Gasteiger partial charge >= 0.3 is 5.97 Å². The third kappa shape index (κ3) is 5.12. The Morgan fingerprint density at radius 3 is 2.38 bits per heavy atom. The number of hydrogen-bond acceptors (Lipinski definition) is 6. The van der Waals surface area contributed by atoms with Crippen LogP contribution in [0.25, 0.3) is 10.9 Å². The summed E-state index contributed by atoms with van der Waals surface area (Å²) in [7, 11) is 1.33. The minimum atomic E-state index is -0.413. The van der Waals surface area contributed by atoms with Gasteiger partial charge in [0.2, 0.25) is 5.91 Å². The van der Waals surface area contributed by atoms with Crippen molar-refractivity contribution in [1.82, 2.24) is 9.97 Å². The zero-order valence-corrected chi connectivity index (χ0v) is 17.7. The van der Waals surface area contributed by atoms with Crippen molar-refractivity contribution in [3.8, 4) is 0 Å². The Kier molecular flexibility index (Phi) is 6.17. The number of hydrogen-bond donors (Lipinski definition) is 1. The van der Waals surface area contributed by atoms with Crippen molar-refractivity contribution >= 4 is 40.2 Å². The molecule has 1 aromatic heterocycles. The summed E-state index contributed by atoms with van der Waals surface area (Å²) in [6.45, 7) is 6.20. The SMILES string of the molecule is COC(=O)c1ccc(NC(=O)CSc2nc(C(C)(C)C)nc3ccccc23)cc1. The van der Waals surface area contributed by atoms with Crippen molar-refractivity contribution in [2.24, 2.45) is 0 Å². The minimum absolute atomic E-state index is 0.152. The third-order valence-electron chi connectivity index (χ3n) is 4.17. The number of para-hydroxylation sites is 1. The van der Waals surface area contributed by atoms with Gasteiger partial charge in [-0.2, -0.15) is 0 Å². The minimum Gasteiger partial charge on any atom is -0.465 e. The number of aromatic nitrogens is 2. The van der Waals surface area contributed by atoms with Crippen LogP contribution in [-0.4, -0.2) is 34.7 Å². The number of ether oxygens (including phenoxy) is 1. The molecule has 0 unspecified atom stereocenters. The van der Waals surface area contributed by atoms with E-state index in [1.165, 1.54) is 18.9 Å². The molecule has 3 rings (SSSR count). The summed E-state index contributed by atoms with van der Waals surface area (Å²) in [5.41, 5.74) is 1.73. The van der Waals surface area contributed by atoms with Crippen LogP contribution < -0.4 is 5.32 Å². The maximum atomic E-state index is 12.4. The fourth-order valence-electron chi connectivity index (χ4n) is 2.63. The second-order valence-corrected chi connectivity index (χ2v) is 8.49. The molecular weight excluding hydrogens is 386 g/mol. The van der Waals surface area contributed by atoms with E-state index in [9.17, 15) is 9.59 Å². The van der Waals surface area contributed by atoms with E-state index in [4.69, 9.17) is 4.98 Å². The number of carbonyl (C=O) groups is 2. The molecule has 3 aromatic rings. The van der Waals surface area contributed by atoms with Crippen LogP contribution in [0.15, 0.2) is 53.6 Å². The number of esters is 1. The summed E-state index contributed by atoms with van der Waals surface area (Å²) < 4.78 is 4.67. The molecule has 150 valence electrons. The van der Waals surface area contributed by atoms with E-state index >= 15 is 0 Å². The van der Waals surface area contributed by atoms with Crippen LogP contribution >= 0.6 is 11.8 Å². The third-order valence-corrected chi connectivity index (χ3v) is 5.16. The molecule has 7 heteroatoms. The van der Waals surface area contributed by atoms with Crippen molar-refractivity contribution in [2.75, 3.05) is 18.2 Å². The van der Waals surface area contributed by atoms with Gasteiger partial charge in [0.25, 0.3) is 0 Å². The molecule has 29 heavy (non-hydrogen) atoms. The first-order chi connectivity index (χ1) is 13.8. The van der Waals surface area contributed by atoms with Gasteiger partial charge in [0.1, 0.15) is 10.9 Å². The number of nitrogens with zero attached hydrogens (tertiary/aromatic N) is 2. The predicted octanol–water partition coefficient (Wildman–Crippen LogP) is 4.44. The molecule has 0 bridgehead atoms. The van der Waals surface area contributed by atoms with E-state index in [0.29, 0.717) is 11.3 Å². The molecule has 0 atom stereocenters. The second kappa shape index (κ2) is 8.61. The van der Waals surface area contributed by atoms with Crippen LogP contribution in [0.4, 0.5) is 5.69 Å². The Balaban J connectivity index is 1.73. The lowest BCUT2D eigenvalue weighted by molar-refractivity contribution is -0.113. The molecule has 0 aliphatic carbocycles. The van der Waals surface area contributed by atoms with E-state index in [1.807, 2.05) is 24.3 Å². The molecule has 0 radical (unpaired) electrons. The van der Waals surface area contributed by atoms with Crippen LogP contribution in [0.2, 0.25) is 0 Å². The van der Waals surface area contributed by atoms with Gasteiger partial charge < -0.3 is 10.1 Å². The zero-order chi connectivity index (χ0) is 21.0. The van der Waals surface area contributed by atoms with E-state index in [1.54, 1.807) is 24.3 Å². The molecule has 0 aliphatic heterocycles. The topological polar surface area (TPSA) is 81.2 Å². The number of fused-ring (bicyclic) bond motifs is 1. The molecule has 1 amide bonds. The molecule has 0 aliphatic rings. The molecule has 1 heterocycles. The largest absolute Gasteiger partial charge is 0.465 e. The fourth-order valence-corrected chi connectivity index (χ4v) is 3.45. The summed E-state index contributed by atoms with van der Waals surface area (Å²) in [6.07, 6.45) is 0. The quantitative estimate of drug-likeness (QED) is 0.381. The monoisotopic (exact) mass is 409 g/mol. The van der Waals surface area contributed by atoms with Crippen LogP contribution in [0.3, 0.4) is 0 Å². The Labute approximate surface area is 174 Å². The van der Waals surface area contributed by atoms with Gasteiger partial charge in [0.15, 0.2) is 0 Å². The average Bonchev–Trinajstić information content (AvgIpc) is 2.71. The highest BCUT2D eigenvalue weighted by atomic mass is 32.2. The van der Waals surface area contributed by atoms with Gasteiger partial charge in [0.05, 0.1) is 23.9 Å². The van der Waals surface area contributed by atoms with Gasteiger partial charge in [-0.25, -0.2) is 14.8 Å². The van der Waals surface area contributed by atoms with Crippen molar-refractivity contribution in [3.05, 3.63) is 59.9 Å². The number of nitrogens with one attached hydrogen (secondary N) is 1. The van der Waals surface area contributed by atoms with Gasteiger partial charge in [-0.15, -0.1) is 0 Å². The smallest absolute Gasteiger partial charge is 0.337 e. The maximum Gasteiger partial charge on any atom is 0.337 e. The maximum absolute atomic E-state index is 12.4. The predicted molar refractivity (Wildman–Crippen MR) is 115 cm³/mol. The standard InChI is InChI=1S/C22H23N3O3S/c1-22(2,3)21-24-17-8-6-5-7-16(17)19(25-21)29-13-18(26)23-15-11-9-14(10-12-15)20(27)28-4/h5-12H,13H2,1-4H3,(H,23,26). The van der Waals surface area contributed by atoms with Crippen molar-refractivity contribution in [1.29, 1.82) is 0 Å². The average molecular weight is 410 g/mol. The number of anilines is 1. The lowest BCUT2D eigenvalue weighted by atomic mass is 9.95. The van der Waals surface area contributed by atoms with Crippen LogP contribution in [-0.2, 0) is 14.9 Å².